The van der Waals surface area contributed by atoms with Crippen molar-refractivity contribution < 1.29 is 5.11 Å². The molecule has 2 atom stereocenters. The predicted molar refractivity (Wildman–Crippen MR) is 102 cm³/mol. The van der Waals surface area contributed by atoms with Gasteiger partial charge in [0.05, 0.1) is 0 Å². The quantitative estimate of drug-likeness (QED) is 0.865. The van der Waals surface area contributed by atoms with Crippen molar-refractivity contribution in [1.29, 1.82) is 0 Å². The first kappa shape index (κ1) is 16.8. The topological polar surface area (TPSA) is 23.5 Å². The van der Waals surface area contributed by atoms with E-state index < -0.39 is 5.60 Å². The normalized spacial score (nSPS) is 26.7. The second-order valence-corrected chi connectivity index (χ2v) is 8.02. The van der Waals surface area contributed by atoms with Crippen LogP contribution in [0.1, 0.15) is 49.7 Å². The third kappa shape index (κ3) is 3.26. The lowest BCUT2D eigenvalue weighted by molar-refractivity contribution is 0.0520. The molecule has 1 N–H and O–H groups in total. The first-order chi connectivity index (χ1) is 12.2. The smallest absolute Gasteiger partial charge is 0.115 e. The Bertz CT molecular complexity index is 630. The Hall–Kier alpha value is -1.64. The maximum atomic E-state index is 11.7. The highest BCUT2D eigenvalue weighted by atomic mass is 16.3. The van der Waals surface area contributed by atoms with Crippen molar-refractivity contribution in [2.75, 3.05) is 7.05 Å². The van der Waals surface area contributed by atoms with E-state index in [4.69, 9.17) is 0 Å². The van der Waals surface area contributed by atoms with Gasteiger partial charge in [0.2, 0.25) is 0 Å². The van der Waals surface area contributed by atoms with E-state index in [2.05, 4.69) is 36.2 Å². The molecule has 25 heavy (non-hydrogen) atoms. The summed E-state index contributed by atoms with van der Waals surface area (Å²) in [5, 5.41) is 11.7. The van der Waals surface area contributed by atoms with Crippen LogP contribution in [0.2, 0.25) is 0 Å². The number of benzene rings is 2. The molecule has 2 fully saturated rings. The zero-order valence-electron chi connectivity index (χ0n) is 15.1. The first-order valence-corrected chi connectivity index (χ1v) is 9.72. The number of hydrogen-bond donors (Lipinski definition) is 1. The molecule has 2 aliphatic rings. The number of piperidine rings is 1. The summed E-state index contributed by atoms with van der Waals surface area (Å²) in [4.78, 5) is 2.59. The van der Waals surface area contributed by atoms with Gasteiger partial charge in [0.1, 0.15) is 5.60 Å². The van der Waals surface area contributed by atoms with E-state index in [1.165, 1.54) is 25.7 Å². The number of rotatable bonds is 5. The van der Waals surface area contributed by atoms with Gasteiger partial charge in [-0.15, -0.1) is 0 Å². The van der Waals surface area contributed by atoms with Gasteiger partial charge in [-0.2, -0.15) is 0 Å². The van der Waals surface area contributed by atoms with Gasteiger partial charge in [0.25, 0.3) is 0 Å². The van der Waals surface area contributed by atoms with Crippen molar-refractivity contribution in [3.05, 3.63) is 71.8 Å². The second kappa shape index (κ2) is 6.93. The monoisotopic (exact) mass is 335 g/mol. The lowest BCUT2D eigenvalue weighted by atomic mass is 9.78. The number of nitrogens with zero attached hydrogens (tertiary/aromatic N) is 1. The van der Waals surface area contributed by atoms with Crippen molar-refractivity contribution in [1.82, 2.24) is 4.90 Å². The van der Waals surface area contributed by atoms with E-state index in [1.54, 1.807) is 0 Å². The minimum atomic E-state index is -0.884. The number of fused-ring (bicyclic) bond motifs is 2. The van der Waals surface area contributed by atoms with Crippen molar-refractivity contribution in [3.63, 3.8) is 0 Å². The fourth-order valence-corrected chi connectivity index (χ4v) is 5.06. The lowest BCUT2D eigenvalue weighted by Crippen LogP contribution is -2.40. The van der Waals surface area contributed by atoms with E-state index >= 15 is 0 Å². The first-order valence-electron chi connectivity index (χ1n) is 9.72. The van der Waals surface area contributed by atoms with Crippen LogP contribution in [0.3, 0.4) is 0 Å². The van der Waals surface area contributed by atoms with Crippen LogP contribution in [-0.4, -0.2) is 29.1 Å². The molecule has 4 rings (SSSR count). The van der Waals surface area contributed by atoms with Gasteiger partial charge >= 0.3 is 0 Å². The van der Waals surface area contributed by atoms with E-state index in [0.717, 1.165) is 42.0 Å². The summed E-state index contributed by atoms with van der Waals surface area (Å²) < 4.78 is 0. The SMILES string of the molecule is CN1[C@@H]2CC[C@@H]1CC(CCC(O)(c1ccccc1)c1ccccc1)C2. The molecular weight excluding hydrogens is 306 g/mol. The maximum absolute atomic E-state index is 11.7. The molecule has 2 heterocycles. The van der Waals surface area contributed by atoms with Gasteiger partial charge in [-0.1, -0.05) is 60.7 Å². The summed E-state index contributed by atoms with van der Waals surface area (Å²) in [6, 6.07) is 21.9. The standard InChI is InChI=1S/C23H29NO/c1-24-21-12-13-22(24)17-18(16-21)14-15-23(25,19-8-4-2-5-9-19)20-10-6-3-7-11-20/h2-11,18,21-22,25H,12-17H2,1H3/t21-,22-/m1/s1. The summed E-state index contributed by atoms with van der Waals surface area (Å²) in [7, 11) is 2.29. The Morgan fingerprint density at radius 3 is 1.84 bits per heavy atom. The fraction of sp³-hybridized carbons (Fsp3) is 0.478. The Balaban J connectivity index is 1.54. The molecular formula is C23H29NO. The van der Waals surface area contributed by atoms with Gasteiger partial charge < -0.3 is 10.0 Å². The zero-order valence-corrected chi connectivity index (χ0v) is 15.1. The van der Waals surface area contributed by atoms with Gasteiger partial charge in [0, 0.05) is 12.1 Å². The van der Waals surface area contributed by atoms with E-state index in [9.17, 15) is 5.11 Å². The van der Waals surface area contributed by atoms with Gasteiger partial charge in [-0.3, -0.25) is 0 Å². The minimum absolute atomic E-state index is 0.743. The molecule has 0 saturated carbocycles. The largest absolute Gasteiger partial charge is 0.380 e. The molecule has 132 valence electrons. The van der Waals surface area contributed by atoms with Gasteiger partial charge in [0.15, 0.2) is 0 Å². The molecule has 0 aliphatic carbocycles. The van der Waals surface area contributed by atoms with Crippen LogP contribution in [0.25, 0.3) is 0 Å². The second-order valence-electron chi connectivity index (χ2n) is 8.02. The molecule has 2 heteroatoms. The molecule has 2 aromatic carbocycles. The fourth-order valence-electron chi connectivity index (χ4n) is 5.06. The predicted octanol–water partition coefficient (Wildman–Crippen LogP) is 4.58. The van der Waals surface area contributed by atoms with E-state index in [-0.39, 0.29) is 0 Å². The Morgan fingerprint density at radius 1 is 0.880 bits per heavy atom. The highest BCUT2D eigenvalue weighted by molar-refractivity contribution is 5.35. The van der Waals surface area contributed by atoms with Crippen molar-refractivity contribution in [3.8, 4) is 0 Å². The molecule has 2 bridgehead atoms. The Labute approximate surface area is 151 Å². The van der Waals surface area contributed by atoms with Gasteiger partial charge in [-0.05, 0) is 62.6 Å². The molecule has 0 aromatic heterocycles. The molecule has 2 aliphatic heterocycles. The molecule has 0 unspecified atom stereocenters. The molecule has 2 nitrogen and oxygen atoms in total. The third-order valence-corrected chi connectivity index (χ3v) is 6.61. The van der Waals surface area contributed by atoms with Crippen molar-refractivity contribution in [2.45, 2.75) is 56.2 Å². The molecule has 0 radical (unpaired) electrons. The van der Waals surface area contributed by atoms with E-state index in [1.807, 2.05) is 36.4 Å². The molecule has 2 aromatic rings. The molecule has 2 saturated heterocycles. The average molecular weight is 335 g/mol. The van der Waals surface area contributed by atoms with Crippen LogP contribution in [0.4, 0.5) is 0 Å². The van der Waals surface area contributed by atoms with Crippen molar-refractivity contribution >= 4 is 0 Å². The van der Waals surface area contributed by atoms with Crippen LogP contribution in [0, 0.1) is 5.92 Å². The van der Waals surface area contributed by atoms with Gasteiger partial charge in [-0.25, -0.2) is 0 Å². The summed E-state index contributed by atoms with van der Waals surface area (Å²) in [6.45, 7) is 0. The highest BCUT2D eigenvalue weighted by Crippen LogP contribution is 2.42. The number of aliphatic hydroxyl groups is 1. The van der Waals surface area contributed by atoms with Crippen LogP contribution >= 0.6 is 0 Å². The Kier molecular flexibility index (Phi) is 4.66. The molecule has 0 amide bonds. The van der Waals surface area contributed by atoms with Crippen LogP contribution in [0.15, 0.2) is 60.7 Å². The number of hydrogen-bond acceptors (Lipinski definition) is 2. The Morgan fingerprint density at radius 2 is 1.36 bits per heavy atom. The third-order valence-electron chi connectivity index (χ3n) is 6.61. The lowest BCUT2D eigenvalue weighted by Gasteiger charge is -2.38. The summed E-state index contributed by atoms with van der Waals surface area (Å²) in [5.74, 6) is 0.743. The summed E-state index contributed by atoms with van der Waals surface area (Å²) in [6.07, 6.45) is 7.22. The van der Waals surface area contributed by atoms with E-state index in [0.29, 0.717) is 0 Å². The highest BCUT2D eigenvalue weighted by Gasteiger charge is 2.39. The van der Waals surface area contributed by atoms with Crippen LogP contribution in [0.5, 0.6) is 0 Å². The van der Waals surface area contributed by atoms with Crippen molar-refractivity contribution in [2.24, 2.45) is 5.92 Å². The average Bonchev–Trinajstić information content (AvgIpc) is 2.88. The minimum Gasteiger partial charge on any atom is -0.380 e. The van der Waals surface area contributed by atoms with Crippen LogP contribution < -0.4 is 0 Å². The summed E-state index contributed by atoms with van der Waals surface area (Å²) in [5.41, 5.74) is 1.14. The zero-order chi connectivity index (χ0) is 17.3. The van der Waals surface area contributed by atoms with Crippen LogP contribution in [-0.2, 0) is 5.60 Å². The molecule has 0 spiro atoms. The summed E-state index contributed by atoms with van der Waals surface area (Å²) >= 11 is 0. The maximum Gasteiger partial charge on any atom is 0.115 e.